The number of aromatic nitrogens is 2. The summed E-state index contributed by atoms with van der Waals surface area (Å²) < 4.78 is 28.3. The van der Waals surface area contributed by atoms with Gasteiger partial charge in [0.05, 0.1) is 16.6 Å². The minimum atomic E-state index is -4.37. The fraction of sp³-hybridized carbons (Fsp3) is 0.379. The first kappa shape index (κ1) is 27.4. The lowest BCUT2D eigenvalue weighted by molar-refractivity contribution is 0.0977. The highest BCUT2D eigenvalue weighted by atomic mass is 32.2. The van der Waals surface area contributed by atoms with Crippen LogP contribution in [0.3, 0.4) is 0 Å². The Balaban J connectivity index is 1.79. The van der Waals surface area contributed by atoms with E-state index in [-0.39, 0.29) is 22.8 Å². The maximum absolute atomic E-state index is 13.5. The lowest BCUT2D eigenvalue weighted by Crippen LogP contribution is -2.32. The summed E-state index contributed by atoms with van der Waals surface area (Å²) in [6, 6.07) is 8.31. The molecule has 0 fully saturated rings. The number of para-hydroxylation sites is 2. The van der Waals surface area contributed by atoms with Crippen LogP contribution in [0.15, 0.2) is 59.3 Å². The second kappa shape index (κ2) is 11.0. The number of carbonyl (C=O) groups is 1. The van der Waals surface area contributed by atoms with Gasteiger partial charge in [0.25, 0.3) is 15.9 Å². The fourth-order valence-electron chi connectivity index (χ4n) is 5.25. The Hall–Kier alpha value is -3.59. The third-order valence-corrected chi connectivity index (χ3v) is 8.40. The number of carbonyl (C=O) groups excluding carboxylic acids is 1. The second-order valence-electron chi connectivity index (χ2n) is 10.2. The summed E-state index contributed by atoms with van der Waals surface area (Å²) in [6.45, 7) is 10.0. The number of aromatic hydroxyl groups is 2. The molecule has 202 valence electrons. The molecule has 3 aromatic rings. The highest BCUT2D eigenvalue weighted by Gasteiger charge is 2.34. The zero-order valence-electron chi connectivity index (χ0n) is 22.0. The molecule has 2 aromatic carbocycles. The van der Waals surface area contributed by atoms with Crippen LogP contribution in [-0.2, 0) is 16.4 Å². The Bertz CT molecular complexity index is 1490. The highest BCUT2D eigenvalue weighted by Crippen LogP contribution is 2.48. The van der Waals surface area contributed by atoms with Gasteiger partial charge in [-0.15, -0.1) is 0 Å². The number of aromatic amines is 1. The number of H-pyrrole nitrogens is 1. The number of fused-ring (bicyclic) bond motifs is 1. The predicted molar refractivity (Wildman–Crippen MR) is 148 cm³/mol. The van der Waals surface area contributed by atoms with Gasteiger partial charge in [-0.1, -0.05) is 55.7 Å². The number of allylic oxidation sites excluding steroid dienone is 3. The Labute approximate surface area is 223 Å². The summed E-state index contributed by atoms with van der Waals surface area (Å²) in [5, 5.41) is 22.2. The van der Waals surface area contributed by atoms with Gasteiger partial charge in [0.2, 0.25) is 5.16 Å². The molecule has 4 rings (SSSR count). The van der Waals surface area contributed by atoms with E-state index in [2.05, 4.69) is 21.3 Å². The third kappa shape index (κ3) is 5.48. The Morgan fingerprint density at radius 2 is 1.97 bits per heavy atom. The molecule has 9 heteroatoms. The van der Waals surface area contributed by atoms with E-state index in [0.717, 1.165) is 36.8 Å². The van der Waals surface area contributed by atoms with Crippen molar-refractivity contribution in [1.82, 2.24) is 14.7 Å². The number of hydrogen-bond donors (Lipinski definition) is 4. The van der Waals surface area contributed by atoms with Crippen molar-refractivity contribution in [3.8, 4) is 11.5 Å². The molecular formula is C29H35N3O5S. The summed E-state index contributed by atoms with van der Waals surface area (Å²) in [7, 11) is -4.37. The van der Waals surface area contributed by atoms with Crippen LogP contribution in [0, 0.1) is 5.92 Å². The summed E-state index contributed by atoms with van der Waals surface area (Å²) in [4.78, 5) is 20.4. The van der Waals surface area contributed by atoms with Gasteiger partial charge in [0.15, 0.2) is 0 Å². The smallest absolute Gasteiger partial charge is 0.298 e. The Morgan fingerprint density at radius 1 is 1.24 bits per heavy atom. The molecule has 0 aliphatic heterocycles. The van der Waals surface area contributed by atoms with Crippen LogP contribution < -0.4 is 4.72 Å². The number of imidazole rings is 1. The summed E-state index contributed by atoms with van der Waals surface area (Å²) >= 11 is 0. The Morgan fingerprint density at radius 3 is 2.66 bits per heavy atom. The number of benzene rings is 2. The highest BCUT2D eigenvalue weighted by molar-refractivity contribution is 7.89. The van der Waals surface area contributed by atoms with Gasteiger partial charge in [-0.05, 0) is 69.2 Å². The quantitative estimate of drug-likeness (QED) is 0.200. The standard InChI is InChI=1S/C29H35N3O5S/c1-5-6-7-10-19-16-24(33)26(21-15-18(4)13-14-20(21)17(2)3)27(34)25(19)28(35)32-38(36,37)29-30-22-11-8-9-12-23(22)31-29/h8-9,11-12,15-16,20-21,33-34H,2,5-7,10,13-14H2,1,3-4H3,(H,30,31)(H,32,35). The summed E-state index contributed by atoms with van der Waals surface area (Å²) in [5.74, 6) is -1.94. The molecule has 1 aliphatic rings. The Kier molecular flexibility index (Phi) is 7.97. The van der Waals surface area contributed by atoms with Crippen LogP contribution in [0.4, 0.5) is 0 Å². The molecule has 0 bridgehead atoms. The number of phenols is 2. The number of unbranched alkanes of at least 4 members (excludes halogenated alkanes) is 2. The van der Waals surface area contributed by atoms with Gasteiger partial charge in [-0.3, -0.25) is 4.79 Å². The van der Waals surface area contributed by atoms with Crippen LogP contribution in [0.5, 0.6) is 11.5 Å². The summed E-state index contributed by atoms with van der Waals surface area (Å²) in [6.07, 6.45) is 6.57. The van der Waals surface area contributed by atoms with Crippen molar-refractivity contribution in [1.29, 1.82) is 0 Å². The van der Waals surface area contributed by atoms with Crippen LogP contribution in [0.1, 0.15) is 80.3 Å². The van der Waals surface area contributed by atoms with E-state index in [4.69, 9.17) is 0 Å². The maximum Gasteiger partial charge on any atom is 0.298 e. The zero-order chi connectivity index (χ0) is 27.6. The molecule has 0 spiro atoms. The lowest BCUT2D eigenvalue weighted by atomic mass is 9.73. The first-order valence-corrected chi connectivity index (χ1v) is 14.4. The van der Waals surface area contributed by atoms with E-state index in [9.17, 15) is 23.4 Å². The van der Waals surface area contributed by atoms with Crippen LogP contribution in [0.25, 0.3) is 11.0 Å². The SMILES string of the molecule is C=C(C)C1CCC(C)=CC1c1c(O)cc(CCCCC)c(C(=O)NS(=O)(=O)c2nc3ccccc3[nH]2)c1O. The van der Waals surface area contributed by atoms with E-state index >= 15 is 0 Å². The normalized spacial score (nSPS) is 17.8. The van der Waals surface area contributed by atoms with Crippen LogP contribution in [-0.4, -0.2) is 34.5 Å². The molecule has 2 atom stereocenters. The van der Waals surface area contributed by atoms with Crippen LogP contribution in [0.2, 0.25) is 0 Å². The molecule has 0 radical (unpaired) electrons. The van der Waals surface area contributed by atoms with E-state index in [1.807, 2.05) is 26.8 Å². The average Bonchev–Trinajstić information content (AvgIpc) is 3.29. The number of nitrogens with zero attached hydrogens (tertiary/aromatic N) is 1. The predicted octanol–water partition coefficient (Wildman–Crippen LogP) is 5.84. The number of amides is 1. The van der Waals surface area contributed by atoms with Gasteiger partial charge in [-0.25, -0.2) is 9.71 Å². The van der Waals surface area contributed by atoms with Crippen molar-refractivity contribution >= 4 is 27.0 Å². The van der Waals surface area contributed by atoms with Crippen molar-refractivity contribution in [2.45, 2.75) is 70.4 Å². The largest absolute Gasteiger partial charge is 0.507 e. The first-order valence-electron chi connectivity index (χ1n) is 13.0. The fourth-order valence-corrected chi connectivity index (χ4v) is 6.16. The molecule has 1 amide bonds. The number of hydrogen-bond acceptors (Lipinski definition) is 6. The molecule has 4 N–H and O–H groups in total. The molecule has 0 saturated heterocycles. The van der Waals surface area contributed by atoms with Gasteiger partial charge >= 0.3 is 0 Å². The van der Waals surface area contributed by atoms with Gasteiger partial charge in [-0.2, -0.15) is 8.42 Å². The monoisotopic (exact) mass is 537 g/mol. The number of nitrogens with one attached hydrogen (secondary N) is 2. The van der Waals surface area contributed by atoms with Crippen LogP contribution >= 0.6 is 0 Å². The molecule has 0 saturated carbocycles. The summed E-state index contributed by atoms with van der Waals surface area (Å²) in [5.41, 5.74) is 3.42. The van der Waals surface area contributed by atoms with Gasteiger partial charge in [0.1, 0.15) is 11.5 Å². The number of phenolic OH excluding ortho intramolecular Hbond substituents is 2. The molecule has 1 heterocycles. The minimum absolute atomic E-state index is 0.0448. The molecule has 2 unspecified atom stereocenters. The zero-order valence-corrected chi connectivity index (χ0v) is 22.9. The molecule has 8 nitrogen and oxygen atoms in total. The van der Waals surface area contributed by atoms with E-state index in [1.54, 1.807) is 24.3 Å². The van der Waals surface area contributed by atoms with E-state index in [0.29, 0.717) is 29.4 Å². The second-order valence-corrected chi connectivity index (χ2v) is 11.8. The van der Waals surface area contributed by atoms with Crippen molar-refractivity contribution < 1.29 is 23.4 Å². The lowest BCUT2D eigenvalue weighted by Gasteiger charge is -2.32. The van der Waals surface area contributed by atoms with Gasteiger partial charge in [0, 0.05) is 11.5 Å². The molecule has 38 heavy (non-hydrogen) atoms. The third-order valence-electron chi connectivity index (χ3n) is 7.24. The van der Waals surface area contributed by atoms with Gasteiger partial charge < -0.3 is 15.2 Å². The molecule has 1 aliphatic carbocycles. The average molecular weight is 538 g/mol. The van der Waals surface area contributed by atoms with Crippen molar-refractivity contribution in [2.24, 2.45) is 5.92 Å². The minimum Gasteiger partial charge on any atom is -0.507 e. The van der Waals surface area contributed by atoms with Crippen molar-refractivity contribution in [2.75, 3.05) is 0 Å². The van der Waals surface area contributed by atoms with E-state index in [1.165, 1.54) is 6.07 Å². The van der Waals surface area contributed by atoms with E-state index < -0.39 is 32.8 Å². The van der Waals surface area contributed by atoms with Crippen molar-refractivity contribution in [3.63, 3.8) is 0 Å². The topological polar surface area (TPSA) is 132 Å². The number of rotatable bonds is 9. The molecule has 1 aromatic heterocycles. The first-order chi connectivity index (χ1) is 18.0. The number of aryl methyl sites for hydroxylation is 1. The molecular weight excluding hydrogens is 502 g/mol. The van der Waals surface area contributed by atoms with Crippen molar-refractivity contribution in [3.05, 3.63) is 70.8 Å². The maximum atomic E-state index is 13.5. The number of sulfonamides is 1.